The number of fused-ring (bicyclic) bond motifs is 4. The minimum atomic E-state index is -0.153. The van der Waals surface area contributed by atoms with E-state index < -0.39 is 0 Å². The first-order chi connectivity index (χ1) is 55.6. The van der Waals surface area contributed by atoms with Crippen LogP contribution in [-0.2, 0) is 24.1 Å². The van der Waals surface area contributed by atoms with Gasteiger partial charge in [-0.1, -0.05) is 113 Å². The molecular formula is C88H101N15O8S4. The zero-order valence-electron chi connectivity index (χ0n) is 66.8. The van der Waals surface area contributed by atoms with Crippen LogP contribution in [0.5, 0.6) is 0 Å². The van der Waals surface area contributed by atoms with Crippen LogP contribution in [0.4, 0.5) is 22.0 Å². The molecular weight excluding hydrogens is 1520 g/mol. The Labute approximate surface area is 685 Å². The second kappa shape index (κ2) is 36.6. The number of amides is 6. The summed E-state index contributed by atoms with van der Waals surface area (Å²) in [4.78, 5) is 113. The normalized spacial score (nSPS) is 15.7. The number of carbonyl (C=O) groups is 8. The average molecular weight is 1630 g/mol. The van der Waals surface area contributed by atoms with Gasteiger partial charge < -0.3 is 26.2 Å². The molecule has 1 aliphatic heterocycles. The quantitative estimate of drug-likeness (QED) is 0.0549. The summed E-state index contributed by atoms with van der Waals surface area (Å²) in [6, 6.07) is 35.2. The number of aryl methyl sites for hydroxylation is 4. The Morgan fingerprint density at radius 1 is 0.443 bits per heavy atom. The summed E-state index contributed by atoms with van der Waals surface area (Å²) < 4.78 is 8.66. The highest BCUT2D eigenvalue weighted by Gasteiger charge is 2.29. The Morgan fingerprint density at radius 3 is 1.12 bits per heavy atom. The van der Waals surface area contributed by atoms with Crippen LogP contribution in [0.15, 0.2) is 115 Å². The number of nitrogens with one attached hydrogen (secondary N) is 4. The number of urea groups is 1. The molecule has 4 N–H and O–H groups in total. The van der Waals surface area contributed by atoms with E-state index in [4.69, 9.17) is 20.4 Å². The molecule has 0 atom stereocenters. The standard InChI is InChI=1S/C23H27N3O2S.2C22H25N3O2S.C21H24N6O2S/c1-15-19-14-21(29-23(19)26(24-15)18-7-5-4-6-8-18)20(27)13-16-9-11-17(12-10-16)22(28)25(2)3;1-14-18-13-20(28-22(18)25(24-14)17-6-4-3-5-7-17)19(26)12-15-8-10-16(11-9-15)21(27)23-2;1-14-19-13-21(28-22(19)25(24-14)18-6-4-3-5-7-18)20(27)12-16-8-10-17(11-9-16)23-15(2)26;1-13-16-11-17(30-20(16)27(25-13)15-5-3-2-4-6-15)19(28)24-14-7-8-18(23-12-14)26-10-9-22-21(26)29/h9-12,14,18H,4-8,13H2,1-3H3;8-11,13,17H,3-7,12H2,1-2H3,(H,23,27);8-11,13,18H,3-7,12H2,1-2H3,(H,23,26);7-8,11-12,15H,2-6,9-10H2,1H3,(H,22,29)(H,24,28). The Morgan fingerprint density at radius 2 is 0.791 bits per heavy atom. The summed E-state index contributed by atoms with van der Waals surface area (Å²) in [5.41, 5.74) is 9.37. The van der Waals surface area contributed by atoms with Crippen molar-refractivity contribution in [2.24, 2.45) is 0 Å². The van der Waals surface area contributed by atoms with Gasteiger partial charge in [0.1, 0.15) is 25.1 Å². The molecule has 115 heavy (non-hydrogen) atoms. The number of nitrogens with zero attached hydrogens (tertiary/aromatic N) is 11. The second-order valence-electron chi connectivity index (χ2n) is 31.2. The number of hydrogen-bond donors (Lipinski definition) is 4. The maximum Gasteiger partial charge on any atom is 0.323 e. The number of pyridine rings is 1. The minimum absolute atomic E-state index is 0.0323. The van der Waals surface area contributed by atoms with Gasteiger partial charge in [-0.2, -0.15) is 20.4 Å². The molecule has 17 rings (SSSR count). The largest absolute Gasteiger partial charge is 0.355 e. The lowest BCUT2D eigenvalue weighted by Gasteiger charge is -2.22. The molecule has 0 unspecified atom stereocenters. The topological polar surface area (TPSA) is 275 Å². The lowest BCUT2D eigenvalue weighted by molar-refractivity contribution is -0.114. The molecule has 5 fully saturated rings. The molecule has 12 aromatic rings. The van der Waals surface area contributed by atoms with Gasteiger partial charge in [0.05, 0.1) is 78.3 Å². The zero-order chi connectivity index (χ0) is 80.6. The molecule has 0 radical (unpaired) electrons. The van der Waals surface area contributed by atoms with Crippen LogP contribution in [0.25, 0.3) is 40.9 Å². The third-order valence-electron chi connectivity index (χ3n) is 22.6. The average Bonchev–Trinajstić information content (AvgIpc) is 1.64. The Kier molecular flexibility index (Phi) is 25.9. The van der Waals surface area contributed by atoms with Crippen LogP contribution in [0.3, 0.4) is 0 Å². The van der Waals surface area contributed by atoms with Crippen molar-refractivity contribution in [3.8, 4) is 0 Å². The fraction of sp³-hybridized carbons (Fsp3) is 0.420. The molecule has 4 saturated carbocycles. The van der Waals surface area contributed by atoms with Gasteiger partial charge in [-0.25, -0.2) is 9.78 Å². The SMILES string of the molecule is CC(=O)Nc1ccc(CC(=O)c2cc3c(C)nn(C4CCCCC4)c3s2)cc1.CNC(=O)c1ccc(CC(=O)c2cc3c(C)nn(C4CCCCC4)c3s2)cc1.Cc1nn(C2CCCCC2)c2sc(C(=O)Cc3ccc(C(=O)N(C)C)cc3)cc12.Cc1nn(C2CCCCC2)c2sc(C(=O)Nc3ccc(N4CCNC4=O)nc3)cc12. The van der Waals surface area contributed by atoms with Crippen molar-refractivity contribution in [3.63, 3.8) is 0 Å². The van der Waals surface area contributed by atoms with E-state index in [0.29, 0.717) is 84.0 Å². The number of anilines is 3. The summed E-state index contributed by atoms with van der Waals surface area (Å²) >= 11 is 6.20. The van der Waals surface area contributed by atoms with Crippen LogP contribution in [0, 0.1) is 27.7 Å². The van der Waals surface area contributed by atoms with E-state index in [1.165, 1.54) is 134 Å². The smallest absolute Gasteiger partial charge is 0.323 e. The number of ketones is 3. The summed E-state index contributed by atoms with van der Waals surface area (Å²) in [5.74, 6) is 0.531. The molecule has 5 aliphatic rings. The number of benzene rings is 3. The van der Waals surface area contributed by atoms with E-state index in [1.807, 2.05) is 100 Å². The molecule has 3 aromatic carbocycles. The highest BCUT2D eigenvalue weighted by atomic mass is 32.1. The van der Waals surface area contributed by atoms with Crippen molar-refractivity contribution in [2.45, 2.75) is 206 Å². The number of hydrogen-bond acceptors (Lipinski definition) is 17. The van der Waals surface area contributed by atoms with Gasteiger partial charge in [-0.05, 0) is 169 Å². The Hall–Kier alpha value is -10.4. The first-order valence-corrected chi connectivity index (χ1v) is 43.7. The molecule has 27 heteroatoms. The van der Waals surface area contributed by atoms with Gasteiger partial charge in [0.2, 0.25) is 5.91 Å². The van der Waals surface area contributed by atoms with Gasteiger partial charge >= 0.3 is 6.03 Å². The summed E-state index contributed by atoms with van der Waals surface area (Å²) in [6.45, 7) is 10.8. The summed E-state index contributed by atoms with van der Waals surface area (Å²) in [6.07, 6.45) is 27.3. The van der Waals surface area contributed by atoms with Crippen molar-refractivity contribution in [1.82, 2.24) is 59.6 Å². The first kappa shape index (κ1) is 81.2. The Bertz CT molecular complexity index is 5520. The summed E-state index contributed by atoms with van der Waals surface area (Å²) in [5, 5.41) is 34.5. The Balaban J connectivity index is 0.000000127. The molecule has 23 nitrogen and oxygen atoms in total. The fourth-order valence-corrected chi connectivity index (χ4v) is 20.9. The van der Waals surface area contributed by atoms with Crippen LogP contribution < -0.4 is 26.2 Å². The van der Waals surface area contributed by atoms with Crippen LogP contribution >= 0.6 is 45.3 Å². The first-order valence-electron chi connectivity index (χ1n) is 40.5. The van der Waals surface area contributed by atoms with Crippen LogP contribution in [-0.4, -0.2) is 130 Å². The lowest BCUT2D eigenvalue weighted by atomic mass is 9.96. The van der Waals surface area contributed by atoms with Crippen molar-refractivity contribution >= 4 is 150 Å². The zero-order valence-corrected chi connectivity index (χ0v) is 70.0. The van der Waals surface area contributed by atoms with E-state index in [0.717, 1.165) is 113 Å². The third-order valence-corrected chi connectivity index (χ3v) is 27.2. The molecule has 6 amide bonds. The number of Topliss-reactive ketones (excluding diaryl/α,β-unsaturated/α-hetero) is 3. The van der Waals surface area contributed by atoms with E-state index in [9.17, 15) is 38.4 Å². The highest BCUT2D eigenvalue weighted by molar-refractivity contribution is 7.21. The van der Waals surface area contributed by atoms with Crippen molar-refractivity contribution in [3.05, 3.63) is 185 Å². The molecule has 4 aliphatic carbocycles. The van der Waals surface area contributed by atoms with Gasteiger partial charge in [0.25, 0.3) is 17.7 Å². The molecule has 0 spiro atoms. The van der Waals surface area contributed by atoms with E-state index in [-0.39, 0.29) is 47.0 Å². The second-order valence-corrected chi connectivity index (χ2v) is 35.3. The molecule has 10 heterocycles. The highest BCUT2D eigenvalue weighted by Crippen LogP contribution is 2.41. The third kappa shape index (κ3) is 19.0. The van der Waals surface area contributed by atoms with Crippen molar-refractivity contribution in [2.75, 3.05) is 49.8 Å². The number of thiophene rings is 4. The summed E-state index contributed by atoms with van der Waals surface area (Å²) in [7, 11) is 5.08. The van der Waals surface area contributed by atoms with Gasteiger partial charge in [-0.15, -0.1) is 45.3 Å². The molecule has 9 aromatic heterocycles. The van der Waals surface area contributed by atoms with Crippen molar-refractivity contribution < 1.29 is 38.4 Å². The number of rotatable bonds is 19. The maximum atomic E-state index is 12.9. The van der Waals surface area contributed by atoms with Gasteiger partial charge in [0, 0.05) is 98.8 Å². The van der Waals surface area contributed by atoms with E-state index in [2.05, 4.69) is 45.0 Å². The monoisotopic (exact) mass is 1620 g/mol. The predicted octanol–water partition coefficient (Wildman–Crippen LogP) is 19.1. The van der Waals surface area contributed by atoms with Gasteiger partial charge in [0.15, 0.2) is 17.3 Å². The number of aromatic nitrogens is 9. The molecule has 1 saturated heterocycles. The fourth-order valence-electron chi connectivity index (χ4n) is 16.3. The number of carbonyl (C=O) groups excluding carboxylic acids is 8. The van der Waals surface area contributed by atoms with Gasteiger partial charge in [-0.3, -0.25) is 57.2 Å². The predicted molar refractivity (Wildman–Crippen MR) is 460 cm³/mol. The maximum absolute atomic E-state index is 12.9. The minimum Gasteiger partial charge on any atom is -0.355 e. The van der Waals surface area contributed by atoms with E-state index >= 15 is 0 Å². The van der Waals surface area contributed by atoms with Crippen molar-refractivity contribution in [1.29, 1.82) is 0 Å². The lowest BCUT2D eigenvalue weighted by Crippen LogP contribution is -2.28. The molecule has 0 bridgehead atoms. The van der Waals surface area contributed by atoms with Crippen LogP contribution in [0.1, 0.15) is 258 Å². The van der Waals surface area contributed by atoms with Crippen LogP contribution in [0.2, 0.25) is 0 Å². The molecule has 600 valence electrons. The van der Waals surface area contributed by atoms with E-state index in [1.54, 1.807) is 108 Å².